The summed E-state index contributed by atoms with van der Waals surface area (Å²) >= 11 is 0. The number of hydrogen-bond donors (Lipinski definition) is 1. The molecule has 1 rings (SSSR count). The number of rotatable bonds is 19. The lowest BCUT2D eigenvalue weighted by Crippen LogP contribution is -2.21. The number of aromatic hydroxyl groups is 1. The average molecular weight is 445 g/mol. The maximum atomic E-state index is 9.58. The van der Waals surface area contributed by atoms with Gasteiger partial charge in [-0.1, -0.05) is 143 Å². The van der Waals surface area contributed by atoms with Crippen LogP contribution in [0.3, 0.4) is 0 Å². The molecule has 0 amide bonds. The van der Waals surface area contributed by atoms with Crippen molar-refractivity contribution in [3.05, 3.63) is 29.8 Å². The molecule has 1 nitrogen and oxygen atoms in total. The molecule has 0 radical (unpaired) electrons. The van der Waals surface area contributed by atoms with E-state index in [1.165, 1.54) is 108 Å². The quantitative estimate of drug-likeness (QED) is 0.210. The third-order valence-electron chi connectivity index (χ3n) is 7.13. The summed E-state index contributed by atoms with van der Waals surface area (Å²) in [6, 6.07) is 7.87. The molecule has 0 fully saturated rings. The lowest BCUT2D eigenvalue weighted by Gasteiger charge is -2.31. The summed E-state index contributed by atoms with van der Waals surface area (Å²) in [7, 11) is 0. The van der Waals surface area contributed by atoms with Crippen molar-refractivity contribution < 1.29 is 5.11 Å². The summed E-state index contributed by atoms with van der Waals surface area (Å²) in [6.45, 7) is 11.9. The first-order chi connectivity index (χ1) is 15.3. The molecule has 0 aliphatic heterocycles. The van der Waals surface area contributed by atoms with Crippen molar-refractivity contribution in [2.75, 3.05) is 0 Å². The van der Waals surface area contributed by atoms with Crippen LogP contribution >= 0.6 is 0 Å². The number of hydrogen-bond acceptors (Lipinski definition) is 1. The monoisotopic (exact) mass is 444 g/mol. The molecule has 2 unspecified atom stereocenters. The number of phenolic OH excluding ortho intramolecular Hbond substituents is 1. The highest BCUT2D eigenvalue weighted by atomic mass is 16.3. The van der Waals surface area contributed by atoms with Crippen molar-refractivity contribution in [3.8, 4) is 5.75 Å². The molecule has 0 aromatic heterocycles. The van der Waals surface area contributed by atoms with Crippen LogP contribution in [0.2, 0.25) is 0 Å². The first kappa shape index (κ1) is 29.1. The standard InChI is InChI=1S/C31H56O/c1-6-7-8-9-10-11-12-13-14-15-16-17-18-19-20-27(2)29(26-31(3,4)5)25-28-21-23-30(32)24-22-28/h21-24,27,29,32H,6-20,25-26H2,1-5H3. The van der Waals surface area contributed by atoms with Crippen molar-refractivity contribution in [1.29, 1.82) is 0 Å². The molecule has 0 spiro atoms. The smallest absolute Gasteiger partial charge is 0.115 e. The first-order valence-corrected chi connectivity index (χ1v) is 14.1. The predicted molar refractivity (Wildman–Crippen MR) is 143 cm³/mol. The highest BCUT2D eigenvalue weighted by Gasteiger charge is 2.24. The zero-order valence-corrected chi connectivity index (χ0v) is 22.4. The molecule has 1 aromatic rings. The van der Waals surface area contributed by atoms with Crippen LogP contribution < -0.4 is 0 Å². The van der Waals surface area contributed by atoms with Gasteiger partial charge in [-0.15, -0.1) is 0 Å². The summed E-state index contributed by atoms with van der Waals surface area (Å²) in [5.41, 5.74) is 1.73. The fourth-order valence-electron chi connectivity index (χ4n) is 5.09. The Balaban J connectivity index is 2.14. The number of phenols is 1. The molecule has 1 aromatic carbocycles. The Morgan fingerprint density at radius 3 is 1.56 bits per heavy atom. The molecule has 0 aliphatic carbocycles. The molecule has 2 atom stereocenters. The van der Waals surface area contributed by atoms with Gasteiger partial charge in [0.15, 0.2) is 0 Å². The van der Waals surface area contributed by atoms with Gasteiger partial charge >= 0.3 is 0 Å². The molecule has 1 heteroatoms. The van der Waals surface area contributed by atoms with E-state index >= 15 is 0 Å². The summed E-state index contributed by atoms with van der Waals surface area (Å²) in [5.74, 6) is 1.86. The Morgan fingerprint density at radius 2 is 1.12 bits per heavy atom. The van der Waals surface area contributed by atoms with Gasteiger partial charge in [0, 0.05) is 0 Å². The Kier molecular flexibility index (Phi) is 15.9. The van der Waals surface area contributed by atoms with Gasteiger partial charge < -0.3 is 5.11 Å². The normalized spacial score (nSPS) is 13.9. The molecule has 1 N–H and O–H groups in total. The van der Waals surface area contributed by atoms with E-state index in [4.69, 9.17) is 0 Å². The van der Waals surface area contributed by atoms with E-state index in [1.807, 2.05) is 12.1 Å². The lowest BCUT2D eigenvalue weighted by atomic mass is 9.75. The summed E-state index contributed by atoms with van der Waals surface area (Å²) in [5, 5.41) is 9.58. The first-order valence-electron chi connectivity index (χ1n) is 14.1. The van der Waals surface area contributed by atoms with Crippen LogP contribution in [0.5, 0.6) is 5.75 Å². The Labute approximate surface area is 201 Å². The number of benzene rings is 1. The van der Waals surface area contributed by atoms with Gasteiger partial charge in [-0.2, -0.15) is 0 Å². The maximum absolute atomic E-state index is 9.58. The molecule has 32 heavy (non-hydrogen) atoms. The fraction of sp³-hybridized carbons (Fsp3) is 0.806. The zero-order valence-electron chi connectivity index (χ0n) is 22.4. The molecule has 0 saturated heterocycles. The second-order valence-electron chi connectivity index (χ2n) is 11.8. The number of unbranched alkanes of at least 4 members (excludes halogenated alkanes) is 13. The van der Waals surface area contributed by atoms with E-state index in [2.05, 4.69) is 46.8 Å². The van der Waals surface area contributed by atoms with Crippen LogP contribution in [0.25, 0.3) is 0 Å². The van der Waals surface area contributed by atoms with Gasteiger partial charge in [0.05, 0.1) is 0 Å². The average Bonchev–Trinajstić information content (AvgIpc) is 2.74. The van der Waals surface area contributed by atoms with E-state index in [1.54, 1.807) is 0 Å². The lowest BCUT2D eigenvalue weighted by molar-refractivity contribution is 0.220. The summed E-state index contributed by atoms with van der Waals surface area (Å²) in [4.78, 5) is 0. The second-order valence-corrected chi connectivity index (χ2v) is 11.8. The Hall–Kier alpha value is -0.980. The molecule has 186 valence electrons. The topological polar surface area (TPSA) is 20.2 Å². The maximum Gasteiger partial charge on any atom is 0.115 e. The van der Waals surface area contributed by atoms with Crippen LogP contribution in [0.4, 0.5) is 0 Å². The molecule has 0 saturated carbocycles. The van der Waals surface area contributed by atoms with Gasteiger partial charge in [0.25, 0.3) is 0 Å². The minimum atomic E-state index is 0.366. The summed E-state index contributed by atoms with van der Waals surface area (Å²) in [6.07, 6.45) is 23.8. The van der Waals surface area contributed by atoms with Crippen molar-refractivity contribution in [2.45, 2.75) is 144 Å². The van der Waals surface area contributed by atoms with Gasteiger partial charge in [0.1, 0.15) is 5.75 Å². The Morgan fingerprint density at radius 1 is 0.688 bits per heavy atom. The van der Waals surface area contributed by atoms with Crippen LogP contribution in [0.15, 0.2) is 24.3 Å². The predicted octanol–water partition coefficient (Wildman–Crippen LogP) is 10.5. The molecule has 0 bridgehead atoms. The van der Waals surface area contributed by atoms with E-state index in [0.717, 1.165) is 18.3 Å². The molecular formula is C31H56O. The van der Waals surface area contributed by atoms with Crippen LogP contribution in [0, 0.1) is 17.3 Å². The largest absolute Gasteiger partial charge is 0.508 e. The Bertz CT molecular complexity index is 539. The van der Waals surface area contributed by atoms with Crippen LogP contribution in [-0.4, -0.2) is 5.11 Å². The fourth-order valence-corrected chi connectivity index (χ4v) is 5.09. The third kappa shape index (κ3) is 15.8. The van der Waals surface area contributed by atoms with Crippen LogP contribution in [-0.2, 0) is 6.42 Å². The van der Waals surface area contributed by atoms with Crippen molar-refractivity contribution in [3.63, 3.8) is 0 Å². The van der Waals surface area contributed by atoms with E-state index in [0.29, 0.717) is 11.2 Å². The highest BCUT2D eigenvalue weighted by molar-refractivity contribution is 5.26. The van der Waals surface area contributed by atoms with Crippen molar-refractivity contribution >= 4 is 0 Å². The zero-order chi connectivity index (χ0) is 23.7. The van der Waals surface area contributed by atoms with E-state index in [-0.39, 0.29) is 0 Å². The van der Waals surface area contributed by atoms with Gasteiger partial charge in [-0.05, 0) is 47.8 Å². The summed E-state index contributed by atoms with van der Waals surface area (Å²) < 4.78 is 0. The van der Waals surface area contributed by atoms with E-state index in [9.17, 15) is 5.11 Å². The van der Waals surface area contributed by atoms with Gasteiger partial charge in [0.2, 0.25) is 0 Å². The highest BCUT2D eigenvalue weighted by Crippen LogP contribution is 2.34. The van der Waals surface area contributed by atoms with Gasteiger partial charge in [-0.25, -0.2) is 0 Å². The minimum absolute atomic E-state index is 0.366. The SMILES string of the molecule is CCCCCCCCCCCCCCCCC(C)C(Cc1ccc(O)cc1)CC(C)(C)C. The molecule has 0 aliphatic rings. The van der Waals surface area contributed by atoms with Gasteiger partial charge in [-0.3, -0.25) is 0 Å². The van der Waals surface area contributed by atoms with E-state index < -0.39 is 0 Å². The molecular weight excluding hydrogens is 388 g/mol. The van der Waals surface area contributed by atoms with Crippen molar-refractivity contribution in [1.82, 2.24) is 0 Å². The van der Waals surface area contributed by atoms with Crippen molar-refractivity contribution in [2.24, 2.45) is 17.3 Å². The van der Waals surface area contributed by atoms with Crippen LogP contribution in [0.1, 0.15) is 143 Å². The third-order valence-corrected chi connectivity index (χ3v) is 7.13. The second kappa shape index (κ2) is 17.5. The molecule has 0 heterocycles. The minimum Gasteiger partial charge on any atom is -0.508 e.